The topological polar surface area (TPSA) is 138 Å². The van der Waals surface area contributed by atoms with Gasteiger partial charge >= 0.3 is 0 Å². The van der Waals surface area contributed by atoms with Crippen LogP contribution in [0.1, 0.15) is 54.6 Å². The third kappa shape index (κ3) is 4.95. The Kier molecular flexibility index (Phi) is 8.10. The van der Waals surface area contributed by atoms with Crippen LogP contribution in [0.2, 0.25) is 10.0 Å². The van der Waals surface area contributed by atoms with Crippen LogP contribution in [0, 0.1) is 22.7 Å². The molecule has 1 fully saturated rings. The predicted octanol–water partition coefficient (Wildman–Crippen LogP) is 5.31. The molecule has 2 aliphatic rings. The number of nitrogens with zero attached hydrogens (tertiary/aromatic N) is 2. The van der Waals surface area contributed by atoms with Gasteiger partial charge in [-0.25, -0.2) is 4.39 Å². The Hall–Kier alpha value is -4.17. The average molecular weight is 639 g/mol. The molecule has 44 heavy (non-hydrogen) atoms. The number of methoxy groups -OCH3 is 1. The van der Waals surface area contributed by atoms with Crippen LogP contribution in [0.4, 0.5) is 15.8 Å². The highest BCUT2D eigenvalue weighted by Gasteiger charge is 2.68. The van der Waals surface area contributed by atoms with E-state index in [4.69, 9.17) is 38.9 Å². The van der Waals surface area contributed by atoms with Gasteiger partial charge in [-0.2, -0.15) is 5.26 Å². The number of carbonyl (C=O) groups excluding carboxylic acids is 3. The van der Waals surface area contributed by atoms with Crippen molar-refractivity contribution >= 4 is 52.3 Å². The quantitative estimate of drug-likeness (QED) is 0.247. The van der Waals surface area contributed by atoms with Crippen LogP contribution in [0.15, 0.2) is 54.6 Å². The smallest absolute Gasteiger partial charge is 0.264 e. The van der Waals surface area contributed by atoms with Gasteiger partial charge in [-0.3, -0.25) is 24.6 Å². The maximum atomic E-state index is 15.9. The summed E-state index contributed by atoms with van der Waals surface area (Å²) >= 11 is 12.7. The summed E-state index contributed by atoms with van der Waals surface area (Å²) < 4.78 is 21.6. The Bertz CT molecular complexity index is 1740. The molecule has 0 aromatic heterocycles. The van der Waals surface area contributed by atoms with Gasteiger partial charge < -0.3 is 15.8 Å². The second kappa shape index (κ2) is 11.4. The Morgan fingerprint density at radius 3 is 2.52 bits per heavy atom. The molecule has 0 radical (unpaired) electrons. The second-order valence-electron chi connectivity index (χ2n) is 12.1. The Morgan fingerprint density at radius 1 is 1.16 bits per heavy atom. The van der Waals surface area contributed by atoms with Crippen molar-refractivity contribution in [2.45, 2.75) is 50.6 Å². The monoisotopic (exact) mass is 637 g/mol. The summed E-state index contributed by atoms with van der Waals surface area (Å²) in [6.07, 6.45) is 2.00. The third-order valence-corrected chi connectivity index (χ3v) is 8.78. The van der Waals surface area contributed by atoms with Crippen molar-refractivity contribution in [1.29, 1.82) is 5.26 Å². The van der Waals surface area contributed by atoms with E-state index in [-0.39, 0.29) is 33.0 Å². The lowest BCUT2D eigenvalue weighted by molar-refractivity contribution is -0.124. The van der Waals surface area contributed by atoms with Crippen molar-refractivity contribution in [3.63, 3.8) is 0 Å². The number of hydrogen-bond acceptors (Lipinski definition) is 6. The van der Waals surface area contributed by atoms with E-state index in [9.17, 15) is 9.59 Å². The molecule has 0 saturated carbocycles. The van der Waals surface area contributed by atoms with Gasteiger partial charge in [0.2, 0.25) is 11.8 Å². The number of fused-ring (bicyclic) bond motifs is 2. The first kappa shape index (κ1) is 31.3. The summed E-state index contributed by atoms with van der Waals surface area (Å²) in [5.74, 6) is -3.59. The molecular weight excluding hydrogens is 608 g/mol. The van der Waals surface area contributed by atoms with E-state index >= 15 is 9.18 Å². The summed E-state index contributed by atoms with van der Waals surface area (Å²) in [7, 11) is 1.38. The summed E-state index contributed by atoms with van der Waals surface area (Å²) in [4.78, 5) is 42.2. The fourth-order valence-corrected chi connectivity index (χ4v) is 6.99. The zero-order valence-corrected chi connectivity index (χ0v) is 25.9. The van der Waals surface area contributed by atoms with E-state index in [1.54, 1.807) is 30.5 Å². The summed E-state index contributed by atoms with van der Waals surface area (Å²) in [5.41, 5.74) is 5.43. The van der Waals surface area contributed by atoms with Crippen LogP contribution < -0.4 is 26.0 Å². The number of carbonyl (C=O) groups is 3. The molecule has 3 aromatic rings. The number of amides is 3. The largest absolute Gasteiger partial charge is 0.495 e. The number of nitrogens with one attached hydrogen (secondary N) is 2. The van der Waals surface area contributed by atoms with Gasteiger partial charge in [-0.15, -0.1) is 0 Å². The van der Waals surface area contributed by atoms with Crippen molar-refractivity contribution in [2.24, 2.45) is 11.1 Å². The molecule has 1 saturated heterocycles. The lowest BCUT2D eigenvalue weighted by Crippen LogP contribution is -2.51. The van der Waals surface area contributed by atoms with E-state index in [1.807, 2.05) is 20.8 Å². The molecule has 0 bridgehead atoms. The Labute approximate surface area is 264 Å². The number of hydrogen-bond donors (Lipinski definition) is 3. The van der Waals surface area contributed by atoms with Crippen molar-refractivity contribution in [2.75, 3.05) is 12.0 Å². The molecular formula is C32H30Cl2FN5O4. The number of rotatable bonds is 6. The minimum atomic E-state index is -1.56. The first-order valence-electron chi connectivity index (χ1n) is 13.8. The van der Waals surface area contributed by atoms with Crippen LogP contribution in [-0.2, 0) is 15.0 Å². The molecule has 4 N–H and O–H groups in total. The number of halogens is 3. The Morgan fingerprint density at radius 2 is 1.89 bits per heavy atom. The molecule has 9 nitrogen and oxygen atoms in total. The Balaban J connectivity index is 1.84. The van der Waals surface area contributed by atoms with Crippen LogP contribution in [0.25, 0.3) is 0 Å². The number of primary amides is 1. The van der Waals surface area contributed by atoms with Crippen molar-refractivity contribution in [3.05, 3.63) is 87.2 Å². The standard InChI is InChI=1S/C32H30Cl2FN5O4/c1-31(2,3)14-24-32(25(27(39-24)28(37)41)18-6-5-7-20(34)26(18)35)19-10-9-17(33)13-22(19)40(30(32)43)21-11-8-16(12-23(21)44-4)29(42)38-15-36/h5-13,24-25,27,39H,14H2,1-4H3,(H2,37,41)(H,38,42)/t24-,25-,27+,32+/m0/s1. The summed E-state index contributed by atoms with van der Waals surface area (Å²) in [6, 6.07) is 12.0. The highest BCUT2D eigenvalue weighted by Crippen LogP contribution is 2.60. The van der Waals surface area contributed by atoms with Gasteiger partial charge in [0, 0.05) is 22.5 Å². The van der Waals surface area contributed by atoms with Crippen LogP contribution in [-0.4, -0.2) is 36.9 Å². The number of benzene rings is 3. The fraction of sp³-hybridized carbons (Fsp3) is 0.312. The van der Waals surface area contributed by atoms with Crippen molar-refractivity contribution in [1.82, 2.24) is 10.6 Å². The molecule has 3 amide bonds. The van der Waals surface area contributed by atoms with Gasteiger partial charge in [-0.1, -0.05) is 62.2 Å². The van der Waals surface area contributed by atoms with E-state index in [2.05, 4.69) is 10.6 Å². The van der Waals surface area contributed by atoms with E-state index in [1.165, 1.54) is 42.3 Å². The maximum absolute atomic E-state index is 15.9. The van der Waals surface area contributed by atoms with Crippen molar-refractivity contribution in [3.8, 4) is 11.9 Å². The maximum Gasteiger partial charge on any atom is 0.264 e. The zero-order valence-electron chi connectivity index (χ0n) is 24.4. The van der Waals surface area contributed by atoms with E-state index < -0.39 is 47.0 Å². The van der Waals surface area contributed by atoms with Crippen LogP contribution in [0.5, 0.6) is 5.75 Å². The van der Waals surface area contributed by atoms with Crippen LogP contribution >= 0.6 is 23.2 Å². The minimum absolute atomic E-state index is 0.0665. The number of anilines is 2. The van der Waals surface area contributed by atoms with Gasteiger partial charge in [0.25, 0.3) is 5.91 Å². The number of nitrogens with two attached hydrogens (primary N) is 1. The molecule has 1 spiro atoms. The normalized spacial score (nSPS) is 22.5. The molecule has 4 atom stereocenters. The first-order chi connectivity index (χ1) is 20.8. The third-order valence-electron chi connectivity index (χ3n) is 8.25. The molecule has 0 unspecified atom stereocenters. The van der Waals surface area contributed by atoms with Gasteiger partial charge in [-0.05, 0) is 59.4 Å². The van der Waals surface area contributed by atoms with Gasteiger partial charge in [0.05, 0.1) is 29.5 Å². The molecule has 0 aliphatic carbocycles. The fourth-order valence-electron chi connectivity index (χ4n) is 6.64. The highest BCUT2D eigenvalue weighted by atomic mass is 35.5. The molecule has 2 heterocycles. The average Bonchev–Trinajstić information content (AvgIpc) is 3.41. The van der Waals surface area contributed by atoms with E-state index in [0.717, 1.165) is 0 Å². The lowest BCUT2D eigenvalue weighted by atomic mass is 9.62. The predicted molar refractivity (Wildman–Crippen MR) is 164 cm³/mol. The SMILES string of the molecule is COc1cc(C(=O)NC#N)ccc1N1C(=O)[C@]2(c3ccc(Cl)cc31)[C@H](CC(C)(C)C)N[C@@H](C(N)=O)[C@@H]2c1cccc(Cl)c1F. The van der Waals surface area contributed by atoms with Crippen LogP contribution in [0.3, 0.4) is 0 Å². The molecule has 228 valence electrons. The second-order valence-corrected chi connectivity index (χ2v) is 13.0. The molecule has 12 heteroatoms. The van der Waals surface area contributed by atoms with E-state index in [0.29, 0.717) is 22.7 Å². The summed E-state index contributed by atoms with van der Waals surface area (Å²) in [5, 5.41) is 14.5. The molecule has 3 aromatic carbocycles. The molecule has 5 rings (SSSR count). The highest BCUT2D eigenvalue weighted by molar-refractivity contribution is 6.31. The summed E-state index contributed by atoms with van der Waals surface area (Å²) in [6.45, 7) is 6.01. The first-order valence-corrected chi connectivity index (χ1v) is 14.5. The van der Waals surface area contributed by atoms with Gasteiger partial charge in [0.15, 0.2) is 6.19 Å². The van der Waals surface area contributed by atoms with Gasteiger partial charge in [0.1, 0.15) is 17.0 Å². The minimum Gasteiger partial charge on any atom is -0.495 e. The lowest BCUT2D eigenvalue weighted by Gasteiger charge is -2.38. The van der Waals surface area contributed by atoms with Crippen molar-refractivity contribution < 1.29 is 23.5 Å². The zero-order chi connectivity index (χ0) is 32.1. The molecule has 2 aliphatic heterocycles. The number of ether oxygens (including phenoxy) is 1. The number of nitriles is 1.